The molecule has 0 atom stereocenters. The molecule has 0 aliphatic carbocycles. The van der Waals surface area contributed by atoms with Gasteiger partial charge in [-0.2, -0.15) is 0 Å². The molecule has 0 bridgehead atoms. The first-order valence-corrected chi connectivity index (χ1v) is 4.41. The van der Waals surface area contributed by atoms with Crippen molar-refractivity contribution in [2.75, 3.05) is 0 Å². The fourth-order valence-corrected chi connectivity index (χ4v) is 1.17. The minimum atomic E-state index is -1.15. The average molecular weight is 210 g/mol. The van der Waals surface area contributed by atoms with Gasteiger partial charge >= 0.3 is 6.09 Å². The van der Waals surface area contributed by atoms with Crippen LogP contribution in [-0.2, 0) is 6.42 Å². The molecule has 0 aliphatic heterocycles. The lowest BCUT2D eigenvalue weighted by atomic mass is 10.2. The summed E-state index contributed by atoms with van der Waals surface area (Å²) in [7, 11) is 0. The fraction of sp³-hybridized carbons (Fsp3) is 0.111. The van der Waals surface area contributed by atoms with Gasteiger partial charge in [0.25, 0.3) is 0 Å². The summed E-state index contributed by atoms with van der Waals surface area (Å²) < 4.78 is 0. The molecule has 14 heavy (non-hydrogen) atoms. The van der Waals surface area contributed by atoms with Crippen LogP contribution in [0.1, 0.15) is 5.56 Å². The van der Waals surface area contributed by atoms with Gasteiger partial charge in [-0.1, -0.05) is 42.5 Å². The summed E-state index contributed by atoms with van der Waals surface area (Å²) in [5, 5.41) is 8.30. The van der Waals surface area contributed by atoms with Crippen LogP contribution in [-0.4, -0.2) is 16.2 Å². The topological polar surface area (TPSA) is 61.4 Å². The second-order valence-electron chi connectivity index (χ2n) is 2.64. The Kier molecular flexibility index (Phi) is 3.87. The van der Waals surface area contributed by atoms with E-state index in [1.165, 1.54) is 0 Å². The standard InChI is InChI=1S/C9H10N2O2S/c12-9(13)11-10-8(14)6-7-4-2-1-3-5-7/h1-5,11H,6H2,(H,10,14)(H,12,13). The van der Waals surface area contributed by atoms with E-state index < -0.39 is 6.09 Å². The van der Waals surface area contributed by atoms with Crippen LogP contribution in [0.2, 0.25) is 0 Å². The van der Waals surface area contributed by atoms with Gasteiger partial charge < -0.3 is 5.11 Å². The number of carboxylic acid groups (broad SMARTS) is 1. The summed E-state index contributed by atoms with van der Waals surface area (Å²) in [5.41, 5.74) is 5.44. The Labute approximate surface area is 86.9 Å². The number of carbonyl (C=O) groups is 1. The van der Waals surface area contributed by atoms with Crippen molar-refractivity contribution < 1.29 is 9.90 Å². The van der Waals surface area contributed by atoms with Gasteiger partial charge in [0.2, 0.25) is 0 Å². The number of rotatable bonds is 2. The third-order valence-electron chi connectivity index (χ3n) is 1.52. The maximum Gasteiger partial charge on any atom is 0.423 e. The van der Waals surface area contributed by atoms with Crippen molar-refractivity contribution in [1.29, 1.82) is 0 Å². The van der Waals surface area contributed by atoms with Crippen molar-refractivity contribution >= 4 is 23.3 Å². The van der Waals surface area contributed by atoms with Gasteiger partial charge in [0.05, 0.1) is 4.99 Å². The van der Waals surface area contributed by atoms with Crippen LogP contribution in [0.15, 0.2) is 30.3 Å². The van der Waals surface area contributed by atoms with E-state index in [4.69, 9.17) is 17.3 Å². The Morgan fingerprint density at radius 3 is 2.50 bits per heavy atom. The first-order valence-electron chi connectivity index (χ1n) is 4.00. The molecule has 0 saturated carbocycles. The quantitative estimate of drug-likeness (QED) is 0.509. The molecule has 1 aromatic rings. The lowest BCUT2D eigenvalue weighted by molar-refractivity contribution is 0.192. The van der Waals surface area contributed by atoms with Crippen LogP contribution in [0.25, 0.3) is 0 Å². The number of nitrogens with one attached hydrogen (secondary N) is 2. The van der Waals surface area contributed by atoms with Crippen molar-refractivity contribution in [3.05, 3.63) is 35.9 Å². The zero-order chi connectivity index (χ0) is 10.4. The van der Waals surface area contributed by atoms with Crippen molar-refractivity contribution in [3.63, 3.8) is 0 Å². The molecule has 0 aromatic heterocycles. The van der Waals surface area contributed by atoms with E-state index in [0.29, 0.717) is 11.4 Å². The Morgan fingerprint density at radius 2 is 1.93 bits per heavy atom. The maximum absolute atomic E-state index is 10.1. The van der Waals surface area contributed by atoms with E-state index in [-0.39, 0.29) is 0 Å². The molecule has 0 unspecified atom stereocenters. The summed E-state index contributed by atoms with van der Waals surface area (Å²) in [4.78, 5) is 10.6. The lowest BCUT2D eigenvalue weighted by Gasteiger charge is -2.06. The van der Waals surface area contributed by atoms with Crippen LogP contribution in [0.4, 0.5) is 4.79 Å². The van der Waals surface area contributed by atoms with Crippen molar-refractivity contribution in [1.82, 2.24) is 10.9 Å². The average Bonchev–Trinajstić information content (AvgIpc) is 2.16. The number of benzene rings is 1. The van der Waals surface area contributed by atoms with E-state index in [1.54, 1.807) is 0 Å². The predicted octanol–water partition coefficient (Wildman–Crippen LogP) is 1.33. The van der Waals surface area contributed by atoms with E-state index >= 15 is 0 Å². The third-order valence-corrected chi connectivity index (χ3v) is 1.76. The van der Waals surface area contributed by atoms with E-state index in [2.05, 4.69) is 5.43 Å². The molecule has 3 N–H and O–H groups in total. The maximum atomic E-state index is 10.1. The van der Waals surface area contributed by atoms with Crippen molar-refractivity contribution in [2.45, 2.75) is 6.42 Å². The lowest BCUT2D eigenvalue weighted by Crippen LogP contribution is -2.40. The first-order chi connectivity index (χ1) is 6.68. The van der Waals surface area contributed by atoms with Gasteiger partial charge in [0, 0.05) is 6.42 Å². The second kappa shape index (κ2) is 5.18. The third kappa shape index (κ3) is 3.86. The molecule has 1 amide bonds. The Hall–Kier alpha value is -1.62. The molecule has 0 radical (unpaired) electrons. The largest absolute Gasteiger partial charge is 0.464 e. The summed E-state index contributed by atoms with van der Waals surface area (Å²) in [6, 6.07) is 9.57. The number of hydrogen-bond donors (Lipinski definition) is 3. The molecule has 0 aliphatic rings. The summed E-state index contributed by atoms with van der Waals surface area (Å²) >= 11 is 4.92. The molecule has 0 fully saturated rings. The number of hydrazine groups is 1. The Balaban J connectivity index is 2.38. The molecule has 0 heterocycles. The van der Waals surface area contributed by atoms with Gasteiger partial charge in [-0.25, -0.2) is 10.2 Å². The number of amides is 1. The Bertz CT molecular complexity index is 327. The highest BCUT2D eigenvalue weighted by atomic mass is 32.1. The number of thiocarbonyl (C=S) groups is 1. The monoisotopic (exact) mass is 210 g/mol. The molecule has 0 spiro atoms. The van der Waals surface area contributed by atoms with Gasteiger partial charge in [-0.05, 0) is 5.56 Å². The number of hydrogen-bond acceptors (Lipinski definition) is 2. The van der Waals surface area contributed by atoms with Gasteiger partial charge in [-0.3, -0.25) is 5.43 Å². The normalized spacial score (nSPS) is 9.14. The molecular formula is C9H10N2O2S. The zero-order valence-electron chi connectivity index (χ0n) is 7.36. The van der Waals surface area contributed by atoms with Gasteiger partial charge in [-0.15, -0.1) is 0 Å². The highest BCUT2D eigenvalue weighted by Gasteiger charge is 1.99. The van der Waals surface area contributed by atoms with Crippen molar-refractivity contribution in [3.8, 4) is 0 Å². The van der Waals surface area contributed by atoms with E-state index in [0.717, 1.165) is 5.56 Å². The summed E-state index contributed by atoms with van der Waals surface area (Å²) in [6.45, 7) is 0. The van der Waals surface area contributed by atoms with E-state index in [1.807, 2.05) is 35.8 Å². The molecule has 1 aromatic carbocycles. The van der Waals surface area contributed by atoms with Crippen LogP contribution in [0, 0.1) is 0 Å². The first kappa shape index (κ1) is 10.5. The van der Waals surface area contributed by atoms with Gasteiger partial charge in [0.15, 0.2) is 0 Å². The minimum absolute atomic E-state index is 0.443. The van der Waals surface area contributed by atoms with Crippen LogP contribution in [0.5, 0.6) is 0 Å². The molecule has 0 saturated heterocycles. The molecular weight excluding hydrogens is 200 g/mol. The highest BCUT2D eigenvalue weighted by molar-refractivity contribution is 7.80. The molecule has 5 heteroatoms. The van der Waals surface area contributed by atoms with Gasteiger partial charge in [0.1, 0.15) is 0 Å². The van der Waals surface area contributed by atoms with Crippen LogP contribution < -0.4 is 10.9 Å². The van der Waals surface area contributed by atoms with Crippen LogP contribution in [0.3, 0.4) is 0 Å². The van der Waals surface area contributed by atoms with Crippen LogP contribution >= 0.6 is 12.2 Å². The smallest absolute Gasteiger partial charge is 0.423 e. The Morgan fingerprint density at radius 1 is 1.29 bits per heavy atom. The second-order valence-corrected chi connectivity index (χ2v) is 3.13. The van der Waals surface area contributed by atoms with Crippen molar-refractivity contribution in [2.24, 2.45) is 0 Å². The highest BCUT2D eigenvalue weighted by Crippen LogP contribution is 1.99. The summed E-state index contributed by atoms with van der Waals surface area (Å²) in [5.74, 6) is 0. The van der Waals surface area contributed by atoms with E-state index in [9.17, 15) is 4.79 Å². The SMILES string of the molecule is O=C(O)NNC(=S)Cc1ccccc1. The predicted molar refractivity (Wildman–Crippen MR) is 57.0 cm³/mol. The molecule has 1 rings (SSSR count). The minimum Gasteiger partial charge on any atom is -0.464 e. The molecule has 74 valence electrons. The molecule has 4 nitrogen and oxygen atoms in total. The summed E-state index contributed by atoms with van der Waals surface area (Å²) in [6.07, 6.45) is -0.628. The zero-order valence-corrected chi connectivity index (χ0v) is 8.17. The fourth-order valence-electron chi connectivity index (χ4n) is 0.949.